The number of rotatable bonds is 26. The largest absolute Gasteiger partial charge is 0.480 e. The number of thiol groups is 1. The summed E-state index contributed by atoms with van der Waals surface area (Å²) < 4.78 is 0. The van der Waals surface area contributed by atoms with Crippen LogP contribution in [0.3, 0.4) is 0 Å². The smallest absolute Gasteiger partial charge is 0.326 e. The van der Waals surface area contributed by atoms with Crippen molar-refractivity contribution in [3.63, 3.8) is 0 Å². The molecule has 0 fully saturated rings. The van der Waals surface area contributed by atoms with E-state index in [4.69, 9.17) is 11.5 Å². The molecule has 0 aliphatic heterocycles. The number of aliphatic hydroxyl groups excluding tert-OH is 1. The molecule has 0 aliphatic rings. The lowest BCUT2D eigenvalue weighted by Crippen LogP contribution is -2.60. The van der Waals surface area contributed by atoms with Crippen molar-refractivity contribution in [2.45, 2.75) is 122 Å². The van der Waals surface area contributed by atoms with Gasteiger partial charge in [0.25, 0.3) is 0 Å². The lowest BCUT2D eigenvalue weighted by atomic mass is 10.00. The van der Waals surface area contributed by atoms with E-state index >= 15 is 0 Å². The third kappa shape index (κ3) is 18.8. The maximum absolute atomic E-state index is 13.7. The van der Waals surface area contributed by atoms with E-state index in [9.17, 15) is 58.2 Å². The van der Waals surface area contributed by atoms with E-state index in [0.717, 1.165) is 0 Å². The lowest BCUT2D eigenvalue weighted by Gasteiger charge is -2.28. The lowest BCUT2D eigenvalue weighted by molar-refractivity contribution is -0.144. The predicted octanol–water partition coefficient (Wildman–Crippen LogP) is -3.92. The van der Waals surface area contributed by atoms with Gasteiger partial charge in [0, 0.05) is 12.2 Å². The van der Waals surface area contributed by atoms with Crippen molar-refractivity contribution in [2.75, 3.05) is 12.4 Å². The highest BCUT2D eigenvalue weighted by Gasteiger charge is 2.34. The van der Waals surface area contributed by atoms with Crippen molar-refractivity contribution in [1.29, 1.82) is 0 Å². The summed E-state index contributed by atoms with van der Waals surface area (Å²) in [5.41, 5.74) is 11.2. The van der Waals surface area contributed by atoms with Crippen LogP contribution in [-0.4, -0.2) is 136 Å². The molecule has 14 N–H and O–H groups in total. The van der Waals surface area contributed by atoms with E-state index in [2.05, 4.69) is 55.2 Å². The van der Waals surface area contributed by atoms with Crippen LogP contribution in [0, 0.1) is 11.8 Å². The van der Waals surface area contributed by atoms with E-state index in [0.29, 0.717) is 5.56 Å². The average molecular weight is 895 g/mol. The van der Waals surface area contributed by atoms with Gasteiger partial charge in [0.2, 0.25) is 53.2 Å². The van der Waals surface area contributed by atoms with E-state index < -0.39 is 132 Å². The Morgan fingerprint density at radius 2 is 1.03 bits per heavy atom. The van der Waals surface area contributed by atoms with Crippen molar-refractivity contribution >= 4 is 71.8 Å². The number of carbonyl (C=O) groups is 10. The molecule has 0 heterocycles. The van der Waals surface area contributed by atoms with Gasteiger partial charge in [-0.3, -0.25) is 43.2 Å². The Morgan fingerprint density at radius 1 is 0.581 bits per heavy atom. The maximum atomic E-state index is 13.7. The molecular formula is C39H62N10O12S. The number of hydrogen-bond acceptors (Lipinski definition) is 13. The summed E-state index contributed by atoms with van der Waals surface area (Å²) in [5, 5.41) is 38.5. The highest BCUT2D eigenvalue weighted by atomic mass is 32.1. The first-order chi connectivity index (χ1) is 28.9. The van der Waals surface area contributed by atoms with E-state index in [-0.39, 0.29) is 24.5 Å². The summed E-state index contributed by atoms with van der Waals surface area (Å²) in [6, 6.07) is -3.22. The summed E-state index contributed by atoms with van der Waals surface area (Å²) in [7, 11) is 0. The maximum Gasteiger partial charge on any atom is 0.326 e. The van der Waals surface area contributed by atoms with Crippen molar-refractivity contribution in [2.24, 2.45) is 23.3 Å². The number of aliphatic hydroxyl groups is 1. The van der Waals surface area contributed by atoms with Crippen molar-refractivity contribution < 1.29 is 58.2 Å². The number of nitrogens with one attached hydrogen (secondary N) is 8. The summed E-state index contributed by atoms with van der Waals surface area (Å²) in [4.78, 5) is 128. The van der Waals surface area contributed by atoms with Crippen LogP contribution in [-0.2, 0) is 54.4 Å². The normalized spacial score (nSPS) is 15.4. The number of aliphatic carboxylic acids is 1. The molecule has 0 radical (unpaired) electrons. The van der Waals surface area contributed by atoms with Gasteiger partial charge in [-0.15, -0.1) is 0 Å². The Hall–Kier alpha value is -5.81. The average Bonchev–Trinajstić information content (AvgIpc) is 3.19. The van der Waals surface area contributed by atoms with Gasteiger partial charge in [-0.1, -0.05) is 58.0 Å². The molecule has 0 aliphatic carbocycles. The fraction of sp³-hybridized carbons (Fsp3) is 0.590. The minimum atomic E-state index is -1.66. The van der Waals surface area contributed by atoms with Crippen LogP contribution in [0.25, 0.3) is 0 Å². The number of carboxylic acids is 1. The second kappa shape index (κ2) is 26.5. The number of primary amides is 1. The molecule has 9 atom stereocenters. The van der Waals surface area contributed by atoms with E-state index in [1.165, 1.54) is 20.8 Å². The Labute approximate surface area is 365 Å². The third-order valence-corrected chi connectivity index (χ3v) is 9.44. The quantitative estimate of drug-likeness (QED) is 0.0396. The molecule has 346 valence electrons. The third-order valence-electron chi connectivity index (χ3n) is 9.07. The van der Waals surface area contributed by atoms with Crippen LogP contribution in [0.1, 0.15) is 66.9 Å². The SMILES string of the molecule is CC(C)C[C@H](NC(=O)[C@H](C)NC(=O)[C@H](CS)NC(=O)[C@H](CO)NC(=O)[C@H](C)N)C(=O)N[C@@H](C)C(=O)N[C@@H](Cc1ccccc1)C(=O)N[C@H](C(=O)N[C@@H](CC(N)=O)C(=O)O)C(C)C. The van der Waals surface area contributed by atoms with Gasteiger partial charge in [-0.05, 0) is 44.6 Å². The minimum absolute atomic E-state index is 0.0650. The van der Waals surface area contributed by atoms with Crippen LogP contribution in [0.15, 0.2) is 30.3 Å². The summed E-state index contributed by atoms with van der Waals surface area (Å²) in [6.07, 6.45) is -0.667. The minimum Gasteiger partial charge on any atom is -0.480 e. The van der Waals surface area contributed by atoms with Gasteiger partial charge in [0.15, 0.2) is 0 Å². The standard InChI is InChI=1S/C39H62N10O12S/c1-18(2)13-24(44-32(53)22(7)43-37(58)28(17-62)48-36(57)27(16-50)47-31(52)20(5)40)34(55)42-21(6)33(54)45-25(14-23-11-9-8-10-12-23)35(56)49-30(19(3)4)38(59)46-26(39(60)61)15-29(41)51/h8-12,18-22,24-28,30,50,62H,13-17,40H2,1-7H3,(H2,41,51)(H,42,55)(H,43,58)(H,44,53)(H,45,54)(H,46,59)(H,47,52)(H,48,57)(H,49,56)(H,60,61)/t20-,21-,22-,24-,25-,26-,27-,28-,30-/m0/s1. The number of amides is 9. The van der Waals surface area contributed by atoms with Crippen molar-refractivity contribution in [1.82, 2.24) is 42.5 Å². The molecule has 23 heteroatoms. The second-order valence-corrected chi connectivity index (χ2v) is 15.8. The number of carboxylic acid groups (broad SMARTS) is 1. The van der Waals surface area contributed by atoms with Gasteiger partial charge in [0.1, 0.15) is 48.3 Å². The first-order valence-electron chi connectivity index (χ1n) is 19.9. The molecule has 1 aromatic carbocycles. The molecule has 0 saturated carbocycles. The van der Waals surface area contributed by atoms with Gasteiger partial charge < -0.3 is 64.2 Å². The Kier molecular flexibility index (Phi) is 23.2. The van der Waals surface area contributed by atoms with Crippen LogP contribution in [0.2, 0.25) is 0 Å². The fourth-order valence-corrected chi connectivity index (χ4v) is 5.79. The zero-order valence-electron chi connectivity index (χ0n) is 35.9. The summed E-state index contributed by atoms with van der Waals surface area (Å²) >= 11 is 4.08. The van der Waals surface area contributed by atoms with E-state index in [1.807, 2.05) is 0 Å². The molecule has 0 aromatic heterocycles. The fourth-order valence-electron chi connectivity index (χ4n) is 5.53. The monoisotopic (exact) mass is 894 g/mol. The number of benzene rings is 1. The Bertz CT molecular complexity index is 1750. The zero-order chi connectivity index (χ0) is 47.4. The highest BCUT2D eigenvalue weighted by Crippen LogP contribution is 2.10. The molecular weight excluding hydrogens is 833 g/mol. The molecule has 22 nitrogen and oxygen atoms in total. The van der Waals surface area contributed by atoms with Gasteiger partial charge in [-0.25, -0.2) is 4.79 Å². The van der Waals surface area contributed by atoms with Crippen molar-refractivity contribution in [3.8, 4) is 0 Å². The molecule has 62 heavy (non-hydrogen) atoms. The van der Waals surface area contributed by atoms with E-state index in [1.54, 1.807) is 58.0 Å². The first kappa shape index (κ1) is 54.2. The predicted molar refractivity (Wildman–Crippen MR) is 227 cm³/mol. The zero-order valence-corrected chi connectivity index (χ0v) is 36.7. The van der Waals surface area contributed by atoms with Crippen LogP contribution in [0.4, 0.5) is 0 Å². The topological polar surface area (TPSA) is 359 Å². The van der Waals surface area contributed by atoms with Crippen LogP contribution in [0.5, 0.6) is 0 Å². The second-order valence-electron chi connectivity index (χ2n) is 15.5. The van der Waals surface area contributed by atoms with Gasteiger partial charge in [-0.2, -0.15) is 12.6 Å². The molecule has 0 saturated heterocycles. The first-order valence-corrected chi connectivity index (χ1v) is 20.5. The highest BCUT2D eigenvalue weighted by molar-refractivity contribution is 7.80. The molecule has 1 aromatic rings. The van der Waals surface area contributed by atoms with Crippen LogP contribution < -0.4 is 54.0 Å². The number of hydrogen-bond donors (Lipinski definition) is 13. The number of carbonyl (C=O) groups excluding carboxylic acids is 9. The summed E-state index contributed by atoms with van der Waals surface area (Å²) in [6.45, 7) is 9.95. The van der Waals surface area contributed by atoms with Crippen molar-refractivity contribution in [3.05, 3.63) is 35.9 Å². The molecule has 0 spiro atoms. The Balaban J connectivity index is 3.13. The molecule has 0 unspecified atom stereocenters. The molecule has 9 amide bonds. The van der Waals surface area contributed by atoms with Gasteiger partial charge >= 0.3 is 5.97 Å². The number of nitrogens with two attached hydrogens (primary N) is 2. The Morgan fingerprint density at radius 3 is 1.48 bits per heavy atom. The molecule has 1 rings (SSSR count). The van der Waals surface area contributed by atoms with Crippen LogP contribution >= 0.6 is 12.6 Å². The van der Waals surface area contributed by atoms with Gasteiger partial charge in [0.05, 0.1) is 19.1 Å². The summed E-state index contributed by atoms with van der Waals surface area (Å²) in [5.74, 6) is -10.1. The molecule has 0 bridgehead atoms.